The van der Waals surface area contributed by atoms with Crippen molar-refractivity contribution in [3.05, 3.63) is 0 Å². The molecule has 1 amide bonds. The van der Waals surface area contributed by atoms with E-state index in [0.717, 1.165) is 51.5 Å². The van der Waals surface area contributed by atoms with Crippen molar-refractivity contribution in [2.45, 2.75) is 64.3 Å². The minimum Gasteiger partial charge on any atom is -0.340 e. The summed E-state index contributed by atoms with van der Waals surface area (Å²) in [5.41, 5.74) is 5.88. The lowest BCUT2D eigenvalue weighted by Gasteiger charge is -2.39. The van der Waals surface area contributed by atoms with Gasteiger partial charge in [-0.05, 0) is 18.8 Å². The van der Waals surface area contributed by atoms with E-state index in [2.05, 4.69) is 16.7 Å². The molecule has 21 heavy (non-hydrogen) atoms. The summed E-state index contributed by atoms with van der Waals surface area (Å²) in [7, 11) is 0. The lowest BCUT2D eigenvalue weighted by atomic mass is 10.0. The highest BCUT2D eigenvalue weighted by Gasteiger charge is 2.25. The summed E-state index contributed by atoms with van der Waals surface area (Å²) in [5, 5.41) is 0. The van der Waals surface area contributed by atoms with Crippen molar-refractivity contribution >= 4 is 5.91 Å². The van der Waals surface area contributed by atoms with Crippen molar-refractivity contribution < 1.29 is 4.79 Å². The Bertz CT molecular complexity index is 307. The Morgan fingerprint density at radius 3 is 2.43 bits per heavy atom. The third-order valence-corrected chi connectivity index (χ3v) is 5.32. The van der Waals surface area contributed by atoms with Crippen LogP contribution in [0.25, 0.3) is 0 Å². The predicted octanol–water partition coefficient (Wildman–Crippen LogP) is 2.23. The molecule has 1 saturated heterocycles. The van der Waals surface area contributed by atoms with Crippen LogP contribution in [-0.4, -0.2) is 54.5 Å². The fourth-order valence-electron chi connectivity index (χ4n) is 3.90. The zero-order chi connectivity index (χ0) is 15.1. The van der Waals surface area contributed by atoms with E-state index in [1.165, 1.54) is 38.5 Å². The normalized spacial score (nSPS) is 22.7. The van der Waals surface area contributed by atoms with E-state index in [0.29, 0.717) is 11.9 Å². The van der Waals surface area contributed by atoms with Crippen LogP contribution in [0.2, 0.25) is 0 Å². The molecule has 0 bridgehead atoms. The van der Waals surface area contributed by atoms with E-state index in [4.69, 9.17) is 5.73 Å². The van der Waals surface area contributed by atoms with Crippen LogP contribution in [0.1, 0.15) is 58.3 Å². The minimum atomic E-state index is 0.376. The molecule has 2 aliphatic rings. The SMILES string of the molecule is CCCC(CN)N1CCN(C(=O)CCC2CCCC2)CC1. The van der Waals surface area contributed by atoms with Crippen LogP contribution in [0.4, 0.5) is 0 Å². The molecule has 4 nitrogen and oxygen atoms in total. The Kier molecular flexibility index (Phi) is 6.97. The molecule has 2 fully saturated rings. The molecule has 1 saturated carbocycles. The van der Waals surface area contributed by atoms with E-state index < -0.39 is 0 Å². The zero-order valence-corrected chi connectivity index (χ0v) is 13.7. The van der Waals surface area contributed by atoms with Crippen LogP contribution in [-0.2, 0) is 4.79 Å². The van der Waals surface area contributed by atoms with Crippen LogP contribution in [0.15, 0.2) is 0 Å². The van der Waals surface area contributed by atoms with Crippen molar-refractivity contribution in [1.29, 1.82) is 0 Å². The number of carbonyl (C=O) groups is 1. The van der Waals surface area contributed by atoms with E-state index in [9.17, 15) is 4.79 Å². The molecule has 2 rings (SSSR count). The molecule has 0 spiro atoms. The lowest BCUT2D eigenvalue weighted by Crippen LogP contribution is -2.53. The number of rotatable bonds is 7. The van der Waals surface area contributed by atoms with Gasteiger partial charge in [-0.25, -0.2) is 0 Å². The zero-order valence-electron chi connectivity index (χ0n) is 13.7. The number of nitrogens with two attached hydrogens (primary N) is 1. The third-order valence-electron chi connectivity index (χ3n) is 5.32. The maximum absolute atomic E-state index is 12.3. The van der Waals surface area contributed by atoms with Gasteiger partial charge in [0, 0.05) is 45.2 Å². The summed E-state index contributed by atoms with van der Waals surface area (Å²) in [6.45, 7) is 6.73. The Balaban J connectivity index is 1.68. The molecular weight excluding hydrogens is 262 g/mol. The Morgan fingerprint density at radius 2 is 1.86 bits per heavy atom. The summed E-state index contributed by atoms with van der Waals surface area (Å²) in [5.74, 6) is 1.20. The topological polar surface area (TPSA) is 49.6 Å². The largest absolute Gasteiger partial charge is 0.340 e. The number of hydrogen-bond donors (Lipinski definition) is 1. The van der Waals surface area contributed by atoms with Gasteiger partial charge in [0.25, 0.3) is 0 Å². The maximum Gasteiger partial charge on any atom is 0.222 e. The average Bonchev–Trinajstić information content (AvgIpc) is 3.04. The van der Waals surface area contributed by atoms with Crippen molar-refractivity contribution in [1.82, 2.24) is 9.80 Å². The number of nitrogens with zero attached hydrogens (tertiary/aromatic N) is 2. The molecule has 4 heteroatoms. The summed E-state index contributed by atoms with van der Waals surface area (Å²) >= 11 is 0. The number of amides is 1. The van der Waals surface area contributed by atoms with Gasteiger partial charge in [-0.3, -0.25) is 9.69 Å². The highest BCUT2D eigenvalue weighted by molar-refractivity contribution is 5.76. The van der Waals surface area contributed by atoms with Crippen LogP contribution >= 0.6 is 0 Å². The van der Waals surface area contributed by atoms with Crippen molar-refractivity contribution in [3.63, 3.8) is 0 Å². The second kappa shape index (κ2) is 8.74. The highest BCUT2D eigenvalue weighted by Crippen LogP contribution is 2.28. The van der Waals surface area contributed by atoms with E-state index in [-0.39, 0.29) is 0 Å². The predicted molar refractivity (Wildman–Crippen MR) is 87.1 cm³/mol. The molecule has 0 aromatic heterocycles. The summed E-state index contributed by atoms with van der Waals surface area (Å²) in [4.78, 5) is 16.9. The number of carbonyl (C=O) groups excluding carboxylic acids is 1. The van der Waals surface area contributed by atoms with Gasteiger partial charge in [-0.2, -0.15) is 0 Å². The quantitative estimate of drug-likeness (QED) is 0.783. The molecule has 122 valence electrons. The molecule has 1 atom stereocenters. The van der Waals surface area contributed by atoms with Crippen LogP contribution < -0.4 is 5.73 Å². The minimum absolute atomic E-state index is 0.376. The first-order chi connectivity index (χ1) is 10.2. The van der Waals surface area contributed by atoms with Crippen molar-refractivity contribution in [2.24, 2.45) is 11.7 Å². The van der Waals surface area contributed by atoms with E-state index in [1.807, 2.05) is 0 Å². The van der Waals surface area contributed by atoms with E-state index in [1.54, 1.807) is 0 Å². The third kappa shape index (κ3) is 4.96. The molecule has 0 aromatic carbocycles. The fourth-order valence-corrected chi connectivity index (χ4v) is 3.90. The smallest absolute Gasteiger partial charge is 0.222 e. The second-order valence-electron chi connectivity index (χ2n) is 6.78. The summed E-state index contributed by atoms with van der Waals surface area (Å²) in [6, 6.07) is 0.505. The van der Waals surface area contributed by atoms with Gasteiger partial charge in [-0.15, -0.1) is 0 Å². The van der Waals surface area contributed by atoms with Crippen molar-refractivity contribution in [3.8, 4) is 0 Å². The molecule has 1 unspecified atom stereocenters. The molecule has 1 aliphatic heterocycles. The first kappa shape index (κ1) is 16.8. The molecule has 0 aromatic rings. The molecule has 0 radical (unpaired) electrons. The van der Waals surface area contributed by atoms with Gasteiger partial charge in [0.15, 0.2) is 0 Å². The van der Waals surface area contributed by atoms with Crippen LogP contribution in [0, 0.1) is 5.92 Å². The molecule has 1 heterocycles. The van der Waals surface area contributed by atoms with Gasteiger partial charge in [0.2, 0.25) is 5.91 Å². The van der Waals surface area contributed by atoms with Gasteiger partial charge in [0.1, 0.15) is 0 Å². The van der Waals surface area contributed by atoms with Gasteiger partial charge in [-0.1, -0.05) is 39.0 Å². The summed E-state index contributed by atoms with van der Waals surface area (Å²) < 4.78 is 0. The molecule has 2 N–H and O–H groups in total. The number of hydrogen-bond acceptors (Lipinski definition) is 3. The maximum atomic E-state index is 12.3. The van der Waals surface area contributed by atoms with E-state index >= 15 is 0 Å². The second-order valence-corrected chi connectivity index (χ2v) is 6.78. The van der Waals surface area contributed by atoms with Crippen LogP contribution in [0.5, 0.6) is 0 Å². The van der Waals surface area contributed by atoms with Gasteiger partial charge in [0.05, 0.1) is 0 Å². The monoisotopic (exact) mass is 295 g/mol. The molecule has 1 aliphatic carbocycles. The van der Waals surface area contributed by atoms with Gasteiger partial charge >= 0.3 is 0 Å². The Hall–Kier alpha value is -0.610. The fraction of sp³-hybridized carbons (Fsp3) is 0.941. The average molecular weight is 295 g/mol. The lowest BCUT2D eigenvalue weighted by molar-refractivity contribution is -0.133. The number of piperazine rings is 1. The first-order valence-corrected chi connectivity index (χ1v) is 8.96. The first-order valence-electron chi connectivity index (χ1n) is 8.96. The van der Waals surface area contributed by atoms with Crippen LogP contribution in [0.3, 0.4) is 0 Å². The molecular formula is C17H33N3O. The Morgan fingerprint density at radius 1 is 1.19 bits per heavy atom. The standard InChI is InChI=1S/C17H33N3O/c1-2-5-16(14-18)19-10-12-20(13-11-19)17(21)9-8-15-6-3-4-7-15/h15-16H,2-14,18H2,1H3. The van der Waals surface area contributed by atoms with Crippen molar-refractivity contribution in [2.75, 3.05) is 32.7 Å². The summed E-state index contributed by atoms with van der Waals surface area (Å²) in [6.07, 6.45) is 9.66. The van der Waals surface area contributed by atoms with Gasteiger partial charge < -0.3 is 10.6 Å². The highest BCUT2D eigenvalue weighted by atomic mass is 16.2. The Labute approximate surface area is 130 Å².